The van der Waals surface area contributed by atoms with Crippen LogP contribution in [0.4, 0.5) is 0 Å². The summed E-state index contributed by atoms with van der Waals surface area (Å²) in [6.45, 7) is 1.61. The van der Waals surface area contributed by atoms with E-state index in [9.17, 15) is 13.2 Å². The molecule has 1 aromatic rings. The number of nitrogens with zero attached hydrogens (tertiary/aromatic N) is 4. The molecule has 2 aliphatic heterocycles. The SMILES string of the molecule is CS(=O)(=O)N1CCO[C@H]2CCN(C(=O)c3ccnnc3)C[C@@H]21. The molecule has 0 aromatic carbocycles. The van der Waals surface area contributed by atoms with Gasteiger partial charge in [-0.25, -0.2) is 8.42 Å². The molecule has 2 fully saturated rings. The van der Waals surface area contributed by atoms with E-state index in [-0.39, 0.29) is 18.1 Å². The second-order valence-electron chi connectivity index (χ2n) is 5.52. The summed E-state index contributed by atoms with van der Waals surface area (Å²) in [4.78, 5) is 14.1. The first-order valence-corrected chi connectivity index (χ1v) is 8.96. The van der Waals surface area contributed by atoms with Gasteiger partial charge in [0.25, 0.3) is 5.91 Å². The number of carbonyl (C=O) groups excluding carboxylic acids is 1. The van der Waals surface area contributed by atoms with Gasteiger partial charge in [0.1, 0.15) is 0 Å². The zero-order valence-corrected chi connectivity index (χ0v) is 13.1. The Morgan fingerprint density at radius 3 is 2.86 bits per heavy atom. The lowest BCUT2D eigenvalue weighted by atomic mass is 10.00. The molecule has 0 radical (unpaired) electrons. The average molecular weight is 326 g/mol. The number of fused-ring (bicyclic) bond motifs is 1. The van der Waals surface area contributed by atoms with Gasteiger partial charge in [0.2, 0.25) is 10.0 Å². The molecule has 1 aromatic heterocycles. The van der Waals surface area contributed by atoms with Gasteiger partial charge in [0.05, 0.1) is 43.0 Å². The largest absolute Gasteiger partial charge is 0.375 e. The molecule has 0 unspecified atom stereocenters. The number of carbonyl (C=O) groups is 1. The van der Waals surface area contributed by atoms with Crippen molar-refractivity contribution in [2.45, 2.75) is 18.6 Å². The lowest BCUT2D eigenvalue weighted by Gasteiger charge is -2.45. The monoisotopic (exact) mass is 326 g/mol. The molecule has 0 aliphatic carbocycles. The molecule has 8 nitrogen and oxygen atoms in total. The summed E-state index contributed by atoms with van der Waals surface area (Å²) >= 11 is 0. The minimum Gasteiger partial charge on any atom is -0.375 e. The molecular weight excluding hydrogens is 308 g/mol. The predicted octanol–water partition coefficient (Wildman–Crippen LogP) is -0.648. The normalized spacial score (nSPS) is 26.5. The Labute approximate surface area is 129 Å². The number of ether oxygens (including phenoxy) is 1. The third-order valence-electron chi connectivity index (χ3n) is 4.08. The third kappa shape index (κ3) is 2.96. The maximum atomic E-state index is 12.5. The van der Waals surface area contributed by atoms with Crippen molar-refractivity contribution in [3.05, 3.63) is 24.0 Å². The Morgan fingerprint density at radius 2 is 2.18 bits per heavy atom. The Hall–Kier alpha value is -1.58. The van der Waals surface area contributed by atoms with E-state index in [4.69, 9.17) is 4.74 Å². The quantitative estimate of drug-likeness (QED) is 0.717. The number of aromatic nitrogens is 2. The van der Waals surface area contributed by atoms with Crippen molar-refractivity contribution < 1.29 is 17.9 Å². The molecule has 0 N–H and O–H groups in total. The van der Waals surface area contributed by atoms with Gasteiger partial charge in [-0.2, -0.15) is 14.5 Å². The predicted molar refractivity (Wildman–Crippen MR) is 77.6 cm³/mol. The van der Waals surface area contributed by atoms with Gasteiger partial charge in [-0.05, 0) is 12.5 Å². The van der Waals surface area contributed by atoms with Crippen molar-refractivity contribution in [3.63, 3.8) is 0 Å². The molecular formula is C13H18N4O4S. The minimum atomic E-state index is -3.32. The van der Waals surface area contributed by atoms with Crippen LogP contribution in [0.15, 0.2) is 18.5 Å². The van der Waals surface area contributed by atoms with Gasteiger partial charge in [0.15, 0.2) is 0 Å². The number of hydrogen-bond donors (Lipinski definition) is 0. The van der Waals surface area contributed by atoms with E-state index in [0.717, 1.165) is 0 Å². The van der Waals surface area contributed by atoms with Crippen LogP contribution in [0.5, 0.6) is 0 Å². The molecule has 0 bridgehead atoms. The number of likely N-dealkylation sites (tertiary alicyclic amines) is 1. The minimum absolute atomic E-state index is 0.150. The van der Waals surface area contributed by atoms with Crippen molar-refractivity contribution in [3.8, 4) is 0 Å². The fourth-order valence-electron chi connectivity index (χ4n) is 3.04. The smallest absolute Gasteiger partial charge is 0.255 e. The molecule has 1 amide bonds. The molecule has 2 aliphatic rings. The molecule has 0 spiro atoms. The maximum Gasteiger partial charge on any atom is 0.255 e. The van der Waals surface area contributed by atoms with Gasteiger partial charge in [-0.3, -0.25) is 4.79 Å². The van der Waals surface area contributed by atoms with E-state index in [1.165, 1.54) is 23.0 Å². The van der Waals surface area contributed by atoms with Crippen molar-refractivity contribution >= 4 is 15.9 Å². The molecule has 3 heterocycles. The van der Waals surface area contributed by atoms with Crippen molar-refractivity contribution in [1.82, 2.24) is 19.4 Å². The van der Waals surface area contributed by atoms with Gasteiger partial charge < -0.3 is 9.64 Å². The van der Waals surface area contributed by atoms with Crippen LogP contribution in [0, 0.1) is 0 Å². The lowest BCUT2D eigenvalue weighted by Crippen LogP contribution is -2.61. The second-order valence-corrected chi connectivity index (χ2v) is 7.46. The van der Waals surface area contributed by atoms with Crippen LogP contribution in [0.2, 0.25) is 0 Å². The second kappa shape index (κ2) is 5.90. The maximum absolute atomic E-state index is 12.5. The number of sulfonamides is 1. The highest BCUT2D eigenvalue weighted by atomic mass is 32.2. The Balaban J connectivity index is 1.79. The van der Waals surface area contributed by atoms with Crippen LogP contribution in [-0.4, -0.2) is 78.4 Å². The Morgan fingerprint density at radius 1 is 1.36 bits per heavy atom. The van der Waals surface area contributed by atoms with Gasteiger partial charge in [0, 0.05) is 19.6 Å². The molecule has 3 rings (SSSR count). The van der Waals surface area contributed by atoms with E-state index >= 15 is 0 Å². The average Bonchev–Trinajstić information content (AvgIpc) is 2.53. The van der Waals surface area contributed by atoms with E-state index in [0.29, 0.717) is 38.2 Å². The highest BCUT2D eigenvalue weighted by Crippen LogP contribution is 2.25. The fraction of sp³-hybridized carbons (Fsp3) is 0.615. The van der Waals surface area contributed by atoms with Crippen molar-refractivity contribution in [1.29, 1.82) is 0 Å². The molecule has 2 atom stereocenters. The van der Waals surface area contributed by atoms with E-state index in [2.05, 4.69) is 10.2 Å². The first-order valence-electron chi connectivity index (χ1n) is 7.11. The number of amides is 1. The Kier molecular flexibility index (Phi) is 4.11. The molecule has 2 saturated heterocycles. The fourth-order valence-corrected chi connectivity index (χ4v) is 4.14. The van der Waals surface area contributed by atoms with Gasteiger partial charge in [-0.1, -0.05) is 0 Å². The first kappa shape index (κ1) is 15.3. The number of piperidine rings is 1. The van der Waals surface area contributed by atoms with Crippen molar-refractivity contribution in [2.75, 3.05) is 32.5 Å². The molecule has 0 saturated carbocycles. The van der Waals surface area contributed by atoms with Crippen LogP contribution in [-0.2, 0) is 14.8 Å². The molecule has 120 valence electrons. The van der Waals surface area contributed by atoms with Crippen LogP contribution < -0.4 is 0 Å². The topological polar surface area (TPSA) is 92.7 Å². The summed E-state index contributed by atoms with van der Waals surface area (Å²) in [6.07, 6.45) is 4.55. The third-order valence-corrected chi connectivity index (χ3v) is 5.38. The van der Waals surface area contributed by atoms with Crippen LogP contribution in [0.1, 0.15) is 16.8 Å². The number of morpholine rings is 1. The van der Waals surface area contributed by atoms with E-state index in [1.54, 1.807) is 11.0 Å². The van der Waals surface area contributed by atoms with Gasteiger partial charge in [-0.15, -0.1) is 0 Å². The number of hydrogen-bond acceptors (Lipinski definition) is 6. The summed E-state index contributed by atoms with van der Waals surface area (Å²) in [6, 6.07) is 1.28. The summed E-state index contributed by atoms with van der Waals surface area (Å²) in [5.74, 6) is -0.160. The van der Waals surface area contributed by atoms with Gasteiger partial charge >= 0.3 is 0 Å². The van der Waals surface area contributed by atoms with Crippen LogP contribution in [0.3, 0.4) is 0 Å². The standard InChI is InChI=1S/C13H18N4O4S/c1-22(19,20)17-6-7-21-12-3-5-16(9-11(12)17)13(18)10-2-4-14-15-8-10/h2,4,8,11-12H,3,5-7,9H2,1H3/t11-,12-/m0/s1. The highest BCUT2D eigenvalue weighted by molar-refractivity contribution is 7.88. The van der Waals surface area contributed by atoms with E-state index < -0.39 is 10.0 Å². The first-order chi connectivity index (χ1) is 10.5. The molecule has 22 heavy (non-hydrogen) atoms. The zero-order chi connectivity index (χ0) is 15.7. The highest BCUT2D eigenvalue weighted by Gasteiger charge is 2.42. The summed E-state index contributed by atoms with van der Waals surface area (Å²) < 4.78 is 31.0. The van der Waals surface area contributed by atoms with Crippen LogP contribution in [0.25, 0.3) is 0 Å². The van der Waals surface area contributed by atoms with Crippen molar-refractivity contribution in [2.24, 2.45) is 0 Å². The molecule has 9 heteroatoms. The summed E-state index contributed by atoms with van der Waals surface area (Å²) in [5.41, 5.74) is 0.455. The summed E-state index contributed by atoms with van der Waals surface area (Å²) in [7, 11) is -3.32. The van der Waals surface area contributed by atoms with E-state index in [1.807, 2.05) is 0 Å². The lowest BCUT2D eigenvalue weighted by molar-refractivity contribution is -0.0704. The zero-order valence-electron chi connectivity index (χ0n) is 12.3. The summed E-state index contributed by atoms with van der Waals surface area (Å²) in [5, 5.41) is 7.36. The number of rotatable bonds is 2. The Bertz CT molecular complexity index is 651. The van der Waals surface area contributed by atoms with Crippen LogP contribution >= 0.6 is 0 Å².